The highest BCUT2D eigenvalue weighted by Crippen LogP contribution is 2.62. The summed E-state index contributed by atoms with van der Waals surface area (Å²) in [6, 6.07) is 6.00. The van der Waals surface area contributed by atoms with Gasteiger partial charge in [-0.05, 0) is 73.0 Å². The first-order valence-electron chi connectivity index (χ1n) is 9.52. The maximum Gasteiger partial charge on any atom is 0.166 e. The summed E-state index contributed by atoms with van der Waals surface area (Å²) in [5.41, 5.74) is 2.00. The van der Waals surface area contributed by atoms with Gasteiger partial charge in [-0.15, -0.1) is 6.58 Å². The Balaban J connectivity index is 1.82. The van der Waals surface area contributed by atoms with E-state index in [1.807, 2.05) is 18.2 Å². The summed E-state index contributed by atoms with van der Waals surface area (Å²) in [4.78, 5) is 13.3. The molecule has 3 nitrogen and oxygen atoms in total. The van der Waals surface area contributed by atoms with Crippen molar-refractivity contribution in [1.29, 1.82) is 0 Å². The molecule has 0 saturated heterocycles. The average molecular weight is 340 g/mol. The maximum atomic E-state index is 13.3. The predicted molar refractivity (Wildman–Crippen MR) is 97.9 cm³/mol. The van der Waals surface area contributed by atoms with E-state index >= 15 is 0 Å². The summed E-state index contributed by atoms with van der Waals surface area (Å²) < 4.78 is 5.35. The highest BCUT2D eigenvalue weighted by atomic mass is 16.5. The van der Waals surface area contributed by atoms with Crippen molar-refractivity contribution in [2.75, 3.05) is 7.11 Å². The fraction of sp³-hybridized carbons (Fsp3) is 0.591. The number of carbonyl (C=O) groups is 1. The second-order valence-electron chi connectivity index (χ2n) is 8.38. The molecule has 0 aromatic heterocycles. The molecule has 0 spiro atoms. The molecule has 4 unspecified atom stereocenters. The molecular weight excluding hydrogens is 312 g/mol. The molecule has 2 saturated carbocycles. The molecule has 3 aliphatic carbocycles. The fourth-order valence-electron chi connectivity index (χ4n) is 6.11. The second kappa shape index (κ2) is 5.98. The molecule has 25 heavy (non-hydrogen) atoms. The van der Waals surface area contributed by atoms with Crippen LogP contribution in [0.1, 0.15) is 60.9 Å². The third-order valence-electron chi connectivity index (χ3n) is 7.43. The van der Waals surface area contributed by atoms with Crippen LogP contribution >= 0.6 is 0 Å². The minimum atomic E-state index is -0.227. The zero-order valence-electron chi connectivity index (χ0n) is 15.2. The lowest BCUT2D eigenvalue weighted by Crippen LogP contribution is -2.48. The molecule has 0 heterocycles. The van der Waals surface area contributed by atoms with Gasteiger partial charge in [-0.25, -0.2) is 0 Å². The third kappa shape index (κ3) is 2.32. The van der Waals surface area contributed by atoms with Crippen molar-refractivity contribution < 1.29 is 14.6 Å². The van der Waals surface area contributed by atoms with Crippen molar-refractivity contribution >= 4 is 5.78 Å². The number of fused-ring (bicyclic) bond motifs is 5. The summed E-state index contributed by atoms with van der Waals surface area (Å²) in [6.45, 7) is 6.15. The molecule has 134 valence electrons. The fourth-order valence-corrected chi connectivity index (χ4v) is 6.11. The second-order valence-corrected chi connectivity index (χ2v) is 8.38. The number of Topliss-reactive ketones (excluding diaryl/α,β-unsaturated/α-hetero) is 1. The SMILES string of the molecule is C=CCC1C(=O)c2cc(OC)ccc2C2CC[C@@]3(C)C(CC[C@@H]3O)C12. The number of benzene rings is 1. The van der Waals surface area contributed by atoms with Crippen molar-refractivity contribution in [3.05, 3.63) is 42.0 Å². The number of hydrogen-bond donors (Lipinski definition) is 1. The maximum absolute atomic E-state index is 13.3. The molecule has 1 N–H and O–H groups in total. The molecule has 3 aliphatic rings. The Bertz CT molecular complexity index is 709. The van der Waals surface area contributed by atoms with E-state index in [0.29, 0.717) is 17.8 Å². The van der Waals surface area contributed by atoms with Crippen molar-refractivity contribution in [1.82, 2.24) is 0 Å². The van der Waals surface area contributed by atoms with E-state index in [1.54, 1.807) is 7.11 Å². The van der Waals surface area contributed by atoms with Crippen LogP contribution in [0.25, 0.3) is 0 Å². The first kappa shape index (κ1) is 16.8. The molecule has 1 aromatic carbocycles. The van der Waals surface area contributed by atoms with Crippen LogP contribution in [0.5, 0.6) is 5.75 Å². The van der Waals surface area contributed by atoms with Crippen LogP contribution in [0.2, 0.25) is 0 Å². The monoisotopic (exact) mass is 340 g/mol. The Labute approximate surface area is 150 Å². The van der Waals surface area contributed by atoms with Crippen LogP contribution in [-0.4, -0.2) is 24.1 Å². The summed E-state index contributed by atoms with van der Waals surface area (Å²) in [5, 5.41) is 10.6. The number of ketones is 1. The Hall–Kier alpha value is -1.61. The predicted octanol–water partition coefficient (Wildman–Crippen LogP) is 4.35. The van der Waals surface area contributed by atoms with E-state index in [-0.39, 0.29) is 23.2 Å². The Kier molecular flexibility index (Phi) is 4.03. The van der Waals surface area contributed by atoms with E-state index in [1.165, 1.54) is 5.56 Å². The Morgan fingerprint density at radius 3 is 2.88 bits per heavy atom. The van der Waals surface area contributed by atoms with E-state index < -0.39 is 0 Å². The van der Waals surface area contributed by atoms with Gasteiger partial charge < -0.3 is 9.84 Å². The standard InChI is InChI=1S/C22H28O3/c1-4-5-16-20-15(10-11-22(2)18(20)8-9-19(22)23)14-7-6-13(25-3)12-17(14)21(16)24/h4,6-7,12,15-16,18-20,23H,1,5,8-11H2,2-3H3/t15?,16?,18?,19-,20?,22-/m0/s1. The van der Waals surface area contributed by atoms with E-state index in [4.69, 9.17) is 4.74 Å². The minimum Gasteiger partial charge on any atom is -0.497 e. The van der Waals surface area contributed by atoms with Crippen LogP contribution in [0, 0.1) is 23.2 Å². The van der Waals surface area contributed by atoms with Crippen LogP contribution in [0.4, 0.5) is 0 Å². The summed E-state index contributed by atoms with van der Waals surface area (Å²) in [5.74, 6) is 2.12. The van der Waals surface area contributed by atoms with Crippen LogP contribution in [0.3, 0.4) is 0 Å². The van der Waals surface area contributed by atoms with Crippen molar-refractivity contribution in [2.45, 2.75) is 51.0 Å². The Morgan fingerprint density at radius 1 is 1.36 bits per heavy atom. The van der Waals surface area contributed by atoms with Gasteiger partial charge in [0, 0.05) is 11.5 Å². The number of aliphatic hydroxyl groups is 1. The Morgan fingerprint density at radius 2 is 2.16 bits per heavy atom. The number of carbonyl (C=O) groups excluding carboxylic acids is 1. The van der Waals surface area contributed by atoms with Crippen LogP contribution in [-0.2, 0) is 0 Å². The molecule has 0 bridgehead atoms. The van der Waals surface area contributed by atoms with Gasteiger partial charge in [0.05, 0.1) is 13.2 Å². The number of methoxy groups -OCH3 is 1. The summed E-state index contributed by atoms with van der Waals surface area (Å²) in [7, 11) is 1.64. The van der Waals surface area contributed by atoms with Crippen LogP contribution in [0.15, 0.2) is 30.9 Å². The lowest BCUT2D eigenvalue weighted by atomic mass is 9.52. The molecule has 0 radical (unpaired) electrons. The number of aliphatic hydroxyl groups excluding tert-OH is 1. The number of hydrogen-bond acceptors (Lipinski definition) is 3. The molecule has 4 rings (SSSR count). The van der Waals surface area contributed by atoms with E-state index in [0.717, 1.165) is 43.4 Å². The zero-order valence-corrected chi connectivity index (χ0v) is 15.2. The van der Waals surface area contributed by atoms with Gasteiger partial charge in [0.15, 0.2) is 5.78 Å². The van der Waals surface area contributed by atoms with Gasteiger partial charge in [0.2, 0.25) is 0 Å². The van der Waals surface area contributed by atoms with Gasteiger partial charge >= 0.3 is 0 Å². The van der Waals surface area contributed by atoms with Gasteiger partial charge in [-0.1, -0.05) is 19.1 Å². The third-order valence-corrected chi connectivity index (χ3v) is 7.43. The highest BCUT2D eigenvalue weighted by molar-refractivity contribution is 6.01. The summed E-state index contributed by atoms with van der Waals surface area (Å²) >= 11 is 0. The average Bonchev–Trinajstić information content (AvgIpc) is 2.93. The number of rotatable bonds is 3. The first-order chi connectivity index (χ1) is 12.0. The van der Waals surface area contributed by atoms with Gasteiger partial charge in [0.1, 0.15) is 5.75 Å². The first-order valence-corrected chi connectivity index (χ1v) is 9.52. The van der Waals surface area contributed by atoms with Crippen molar-refractivity contribution in [3.8, 4) is 5.75 Å². The van der Waals surface area contributed by atoms with E-state index in [2.05, 4.69) is 19.6 Å². The smallest absolute Gasteiger partial charge is 0.166 e. The lowest BCUT2D eigenvalue weighted by molar-refractivity contribution is -0.0335. The van der Waals surface area contributed by atoms with E-state index in [9.17, 15) is 9.90 Å². The number of allylic oxidation sites excluding steroid dienone is 1. The molecule has 3 heteroatoms. The topological polar surface area (TPSA) is 46.5 Å². The molecule has 2 fully saturated rings. The van der Waals surface area contributed by atoms with Crippen molar-refractivity contribution in [2.24, 2.45) is 23.2 Å². The molecule has 0 amide bonds. The quantitative estimate of drug-likeness (QED) is 0.832. The highest BCUT2D eigenvalue weighted by Gasteiger charge is 2.58. The van der Waals surface area contributed by atoms with Crippen LogP contribution < -0.4 is 4.74 Å². The summed E-state index contributed by atoms with van der Waals surface area (Å²) in [6.07, 6.45) is 6.38. The zero-order chi connectivity index (χ0) is 17.8. The minimum absolute atomic E-state index is 0.0166. The number of ether oxygens (including phenoxy) is 1. The van der Waals surface area contributed by atoms with Gasteiger partial charge in [0.25, 0.3) is 0 Å². The van der Waals surface area contributed by atoms with Crippen molar-refractivity contribution in [3.63, 3.8) is 0 Å². The van der Waals surface area contributed by atoms with Gasteiger partial charge in [-0.2, -0.15) is 0 Å². The molecule has 1 aromatic rings. The normalized spacial score (nSPS) is 39.3. The molecular formula is C22H28O3. The largest absolute Gasteiger partial charge is 0.497 e. The van der Waals surface area contributed by atoms with Gasteiger partial charge in [-0.3, -0.25) is 4.79 Å². The molecule has 0 aliphatic heterocycles. The lowest BCUT2D eigenvalue weighted by Gasteiger charge is -2.52. The molecule has 6 atom stereocenters.